The van der Waals surface area contributed by atoms with E-state index in [2.05, 4.69) is 10.4 Å². The third-order valence-electron chi connectivity index (χ3n) is 4.62. The van der Waals surface area contributed by atoms with Crippen LogP contribution >= 0.6 is 0 Å². The highest BCUT2D eigenvalue weighted by molar-refractivity contribution is 5.77. The molecule has 2 rings (SSSR count). The Balaban J connectivity index is 1.92. The summed E-state index contributed by atoms with van der Waals surface area (Å²) in [6.45, 7) is 4.59. The molecule has 0 aliphatic heterocycles. The smallest absolute Gasteiger partial charge is 0.220 e. The van der Waals surface area contributed by atoms with Crippen LogP contribution in [0.15, 0.2) is 0 Å². The van der Waals surface area contributed by atoms with E-state index in [-0.39, 0.29) is 11.4 Å². The zero-order valence-corrected chi connectivity index (χ0v) is 12.8. The molecule has 3 N–H and O–H groups in total. The number of nitrogens with two attached hydrogens (primary N) is 1. The number of hydrogen-bond acceptors (Lipinski definition) is 3. The molecule has 1 amide bonds. The standard InChI is InChI=1S/C15H26N4O/c1-11-13(12(2)19(3)18-11)6-7-14(20)17-15(10-16)8-4-5-9-15/h4-10,16H2,1-3H3,(H,17,20). The van der Waals surface area contributed by atoms with E-state index in [0.717, 1.165) is 43.5 Å². The molecule has 1 heterocycles. The Hall–Kier alpha value is -1.36. The van der Waals surface area contributed by atoms with Crippen LogP contribution in [0.25, 0.3) is 0 Å². The molecule has 1 fully saturated rings. The molecule has 0 unspecified atom stereocenters. The Morgan fingerprint density at radius 1 is 1.40 bits per heavy atom. The summed E-state index contributed by atoms with van der Waals surface area (Å²) >= 11 is 0. The molecule has 0 spiro atoms. The summed E-state index contributed by atoms with van der Waals surface area (Å²) in [5, 5.41) is 7.55. The Morgan fingerprint density at radius 3 is 2.55 bits per heavy atom. The predicted molar refractivity (Wildman–Crippen MR) is 79.4 cm³/mol. The highest BCUT2D eigenvalue weighted by Crippen LogP contribution is 2.28. The van der Waals surface area contributed by atoms with Crippen molar-refractivity contribution in [2.45, 2.75) is 57.9 Å². The molecule has 0 radical (unpaired) electrons. The van der Waals surface area contributed by atoms with Crippen molar-refractivity contribution < 1.29 is 4.79 Å². The maximum atomic E-state index is 12.2. The van der Waals surface area contributed by atoms with Gasteiger partial charge in [-0.05, 0) is 38.7 Å². The average Bonchev–Trinajstić information content (AvgIpc) is 2.95. The molecule has 5 nitrogen and oxygen atoms in total. The van der Waals surface area contributed by atoms with Crippen LogP contribution in [0.5, 0.6) is 0 Å². The highest BCUT2D eigenvalue weighted by Gasteiger charge is 2.33. The molecule has 0 saturated heterocycles. The molecular formula is C15H26N4O. The molecule has 0 bridgehead atoms. The minimum absolute atomic E-state index is 0.111. The van der Waals surface area contributed by atoms with Crippen LogP contribution in [0.1, 0.15) is 49.1 Å². The third kappa shape index (κ3) is 3.03. The molecule has 5 heteroatoms. The van der Waals surface area contributed by atoms with Gasteiger partial charge in [-0.25, -0.2) is 0 Å². The number of amides is 1. The number of nitrogens with zero attached hydrogens (tertiary/aromatic N) is 2. The van der Waals surface area contributed by atoms with Crippen LogP contribution in [-0.4, -0.2) is 27.8 Å². The lowest BCUT2D eigenvalue weighted by molar-refractivity contribution is -0.122. The van der Waals surface area contributed by atoms with Gasteiger partial charge in [0.15, 0.2) is 0 Å². The average molecular weight is 278 g/mol. The van der Waals surface area contributed by atoms with E-state index in [0.29, 0.717) is 13.0 Å². The Morgan fingerprint density at radius 2 is 2.05 bits per heavy atom. The van der Waals surface area contributed by atoms with E-state index in [4.69, 9.17) is 5.73 Å². The van der Waals surface area contributed by atoms with E-state index in [1.54, 1.807) is 0 Å². The molecule has 1 aromatic rings. The fourth-order valence-corrected chi connectivity index (χ4v) is 3.21. The van der Waals surface area contributed by atoms with Crippen molar-refractivity contribution in [2.75, 3.05) is 6.54 Å². The van der Waals surface area contributed by atoms with Crippen molar-refractivity contribution in [3.63, 3.8) is 0 Å². The normalized spacial score (nSPS) is 17.4. The van der Waals surface area contributed by atoms with Gasteiger partial charge in [-0.2, -0.15) is 5.10 Å². The second-order valence-electron chi connectivity index (χ2n) is 6.01. The van der Waals surface area contributed by atoms with Crippen LogP contribution < -0.4 is 11.1 Å². The molecular weight excluding hydrogens is 252 g/mol. The maximum Gasteiger partial charge on any atom is 0.220 e. The first-order valence-electron chi connectivity index (χ1n) is 7.47. The topological polar surface area (TPSA) is 72.9 Å². The molecule has 1 aliphatic carbocycles. The third-order valence-corrected chi connectivity index (χ3v) is 4.62. The van der Waals surface area contributed by atoms with Gasteiger partial charge in [0.1, 0.15) is 0 Å². The largest absolute Gasteiger partial charge is 0.349 e. The summed E-state index contributed by atoms with van der Waals surface area (Å²) in [5.74, 6) is 0.111. The quantitative estimate of drug-likeness (QED) is 0.854. The molecule has 20 heavy (non-hydrogen) atoms. The van der Waals surface area contributed by atoms with Crippen molar-refractivity contribution in [3.8, 4) is 0 Å². The Bertz CT molecular complexity index is 486. The van der Waals surface area contributed by atoms with Crippen LogP contribution in [0.3, 0.4) is 0 Å². The second kappa shape index (κ2) is 5.95. The number of aryl methyl sites for hydroxylation is 2. The molecule has 0 aromatic carbocycles. The van der Waals surface area contributed by atoms with Gasteiger partial charge in [0, 0.05) is 25.7 Å². The van der Waals surface area contributed by atoms with Gasteiger partial charge < -0.3 is 11.1 Å². The van der Waals surface area contributed by atoms with Crippen molar-refractivity contribution in [2.24, 2.45) is 12.8 Å². The van der Waals surface area contributed by atoms with E-state index >= 15 is 0 Å². The molecule has 1 aromatic heterocycles. The number of rotatable bonds is 5. The van der Waals surface area contributed by atoms with E-state index in [9.17, 15) is 4.79 Å². The Kier molecular flexibility index (Phi) is 4.48. The summed E-state index contributed by atoms with van der Waals surface area (Å²) < 4.78 is 1.88. The first-order valence-corrected chi connectivity index (χ1v) is 7.47. The minimum Gasteiger partial charge on any atom is -0.349 e. The number of hydrogen-bond donors (Lipinski definition) is 2. The maximum absolute atomic E-state index is 12.2. The zero-order valence-electron chi connectivity index (χ0n) is 12.8. The number of carbonyl (C=O) groups excluding carboxylic acids is 1. The molecule has 1 saturated carbocycles. The van der Waals surface area contributed by atoms with Crippen molar-refractivity contribution >= 4 is 5.91 Å². The van der Waals surface area contributed by atoms with Gasteiger partial charge in [0.2, 0.25) is 5.91 Å². The second-order valence-corrected chi connectivity index (χ2v) is 6.01. The van der Waals surface area contributed by atoms with E-state index in [1.807, 2.05) is 25.6 Å². The van der Waals surface area contributed by atoms with E-state index < -0.39 is 0 Å². The van der Waals surface area contributed by atoms with Crippen molar-refractivity contribution in [1.82, 2.24) is 15.1 Å². The lowest BCUT2D eigenvalue weighted by Gasteiger charge is -2.28. The van der Waals surface area contributed by atoms with Crippen molar-refractivity contribution in [3.05, 3.63) is 17.0 Å². The van der Waals surface area contributed by atoms with Crippen LogP contribution in [0, 0.1) is 13.8 Å². The lowest BCUT2D eigenvalue weighted by Crippen LogP contribution is -2.51. The monoisotopic (exact) mass is 278 g/mol. The first-order chi connectivity index (χ1) is 9.47. The van der Waals surface area contributed by atoms with Crippen molar-refractivity contribution in [1.29, 1.82) is 0 Å². The van der Waals surface area contributed by atoms with Gasteiger partial charge in [-0.15, -0.1) is 0 Å². The van der Waals surface area contributed by atoms with Crippen LogP contribution in [0.4, 0.5) is 0 Å². The van der Waals surface area contributed by atoms with Gasteiger partial charge in [0.05, 0.1) is 11.2 Å². The summed E-state index contributed by atoms with van der Waals surface area (Å²) in [6, 6.07) is 0. The highest BCUT2D eigenvalue weighted by atomic mass is 16.1. The predicted octanol–water partition coefficient (Wildman–Crippen LogP) is 1.36. The summed E-state index contributed by atoms with van der Waals surface area (Å²) in [7, 11) is 1.94. The van der Waals surface area contributed by atoms with Gasteiger partial charge in [0.25, 0.3) is 0 Å². The van der Waals surface area contributed by atoms with Gasteiger partial charge in [-0.1, -0.05) is 12.8 Å². The zero-order chi connectivity index (χ0) is 14.8. The van der Waals surface area contributed by atoms with Crippen LogP contribution in [0.2, 0.25) is 0 Å². The van der Waals surface area contributed by atoms with Gasteiger partial charge in [-0.3, -0.25) is 9.48 Å². The molecule has 112 valence electrons. The lowest BCUT2D eigenvalue weighted by atomic mass is 9.97. The first kappa shape index (κ1) is 15.0. The molecule has 1 aliphatic rings. The Labute approximate surface area is 120 Å². The number of aromatic nitrogens is 2. The van der Waals surface area contributed by atoms with Gasteiger partial charge >= 0.3 is 0 Å². The number of nitrogens with one attached hydrogen (secondary N) is 1. The SMILES string of the molecule is Cc1nn(C)c(C)c1CCC(=O)NC1(CN)CCCC1. The molecule has 0 atom stereocenters. The summed E-state index contributed by atoms with van der Waals surface area (Å²) in [6.07, 6.45) is 5.62. The number of carbonyl (C=O) groups is 1. The van der Waals surface area contributed by atoms with E-state index in [1.165, 1.54) is 5.56 Å². The summed E-state index contributed by atoms with van der Waals surface area (Å²) in [4.78, 5) is 12.2. The van der Waals surface area contributed by atoms with Crippen LogP contribution in [-0.2, 0) is 18.3 Å². The minimum atomic E-state index is -0.143. The fraction of sp³-hybridized carbons (Fsp3) is 0.733. The summed E-state index contributed by atoms with van der Waals surface area (Å²) in [5.41, 5.74) is 9.06. The fourth-order valence-electron chi connectivity index (χ4n) is 3.21.